The van der Waals surface area contributed by atoms with E-state index in [1.807, 2.05) is 18.5 Å². The van der Waals surface area contributed by atoms with Crippen LogP contribution in [0.25, 0.3) is 11.0 Å². The van der Waals surface area contributed by atoms with Crippen LogP contribution < -0.4 is 0 Å². The zero-order valence-electron chi connectivity index (χ0n) is 10.4. The van der Waals surface area contributed by atoms with Crippen LogP contribution in [0.4, 0.5) is 4.39 Å². The summed E-state index contributed by atoms with van der Waals surface area (Å²) in [6.07, 6.45) is 1.28. The maximum atomic E-state index is 13.2. The van der Waals surface area contributed by atoms with E-state index in [1.165, 1.54) is 11.9 Å². The minimum atomic E-state index is -0.284. The number of hydrogen-bond acceptors (Lipinski definition) is 1. The summed E-state index contributed by atoms with van der Waals surface area (Å²) in [6, 6.07) is 1.55. The molecule has 0 fully saturated rings. The second-order valence-corrected chi connectivity index (χ2v) is 5.30. The van der Waals surface area contributed by atoms with Crippen molar-refractivity contribution in [1.29, 1.82) is 0 Å². The fraction of sp³-hybridized carbons (Fsp3) is 0.462. The number of aryl methyl sites for hydroxylation is 2. The van der Waals surface area contributed by atoms with E-state index in [9.17, 15) is 4.39 Å². The van der Waals surface area contributed by atoms with E-state index in [1.54, 1.807) is 6.07 Å². The third-order valence-corrected chi connectivity index (χ3v) is 2.95. The molecule has 0 aromatic carbocycles. The van der Waals surface area contributed by atoms with Gasteiger partial charge in [0.1, 0.15) is 5.82 Å². The molecule has 2 aromatic heterocycles. The van der Waals surface area contributed by atoms with Crippen LogP contribution in [0.5, 0.6) is 0 Å². The van der Waals surface area contributed by atoms with Crippen LogP contribution in [0, 0.1) is 12.7 Å². The second-order valence-electron chi connectivity index (χ2n) is 5.30. The number of hydrogen-bond donors (Lipinski definition) is 0. The SMILES string of the molecule is Cc1c(C(C)(C)C)n(C)c2cc(F)cnc12. The predicted octanol–water partition coefficient (Wildman–Crippen LogP) is 3.32. The Labute approximate surface area is 95.1 Å². The molecule has 0 aliphatic carbocycles. The predicted molar refractivity (Wildman–Crippen MR) is 64.1 cm³/mol. The number of rotatable bonds is 0. The van der Waals surface area contributed by atoms with E-state index in [4.69, 9.17) is 0 Å². The average molecular weight is 220 g/mol. The minimum Gasteiger partial charge on any atom is -0.345 e. The third kappa shape index (κ3) is 1.51. The molecule has 0 bridgehead atoms. The molecule has 0 unspecified atom stereocenters. The van der Waals surface area contributed by atoms with E-state index >= 15 is 0 Å². The molecule has 0 atom stereocenters. The van der Waals surface area contributed by atoms with Gasteiger partial charge in [0.05, 0.1) is 17.2 Å². The van der Waals surface area contributed by atoms with E-state index in [2.05, 4.69) is 25.8 Å². The van der Waals surface area contributed by atoms with E-state index in [-0.39, 0.29) is 11.2 Å². The fourth-order valence-electron chi connectivity index (χ4n) is 2.52. The smallest absolute Gasteiger partial charge is 0.143 e. The van der Waals surface area contributed by atoms with Gasteiger partial charge >= 0.3 is 0 Å². The van der Waals surface area contributed by atoms with Crippen molar-refractivity contribution in [2.45, 2.75) is 33.1 Å². The zero-order valence-corrected chi connectivity index (χ0v) is 10.4. The van der Waals surface area contributed by atoms with Gasteiger partial charge in [-0.15, -0.1) is 0 Å². The minimum absolute atomic E-state index is 0.0377. The molecule has 86 valence electrons. The number of aromatic nitrogens is 2. The van der Waals surface area contributed by atoms with Gasteiger partial charge in [-0.05, 0) is 12.5 Å². The first kappa shape index (κ1) is 11.1. The van der Waals surface area contributed by atoms with Gasteiger partial charge in [0.2, 0.25) is 0 Å². The van der Waals surface area contributed by atoms with Gasteiger partial charge in [-0.1, -0.05) is 20.8 Å². The van der Waals surface area contributed by atoms with Crippen LogP contribution in [0.3, 0.4) is 0 Å². The van der Waals surface area contributed by atoms with Gasteiger partial charge < -0.3 is 4.57 Å². The second kappa shape index (κ2) is 3.30. The first-order valence-corrected chi connectivity index (χ1v) is 5.43. The van der Waals surface area contributed by atoms with Crippen LogP contribution in [-0.2, 0) is 12.5 Å². The molecule has 2 nitrogen and oxygen atoms in total. The number of pyridine rings is 1. The molecule has 2 rings (SSSR count). The molecular formula is C13H17FN2. The van der Waals surface area contributed by atoms with Crippen molar-refractivity contribution in [3.8, 4) is 0 Å². The van der Waals surface area contributed by atoms with Crippen molar-refractivity contribution < 1.29 is 4.39 Å². The summed E-state index contributed by atoms with van der Waals surface area (Å²) in [5, 5.41) is 0. The Morgan fingerprint density at radius 1 is 1.31 bits per heavy atom. The van der Waals surface area contributed by atoms with Gasteiger partial charge in [0.25, 0.3) is 0 Å². The standard InChI is InChI=1S/C13H17FN2/c1-8-11-10(6-9(14)7-15-11)16(5)12(8)13(2,3)4/h6-7H,1-5H3. The molecule has 0 saturated heterocycles. The Balaban J connectivity index is 2.87. The fourth-order valence-corrected chi connectivity index (χ4v) is 2.52. The summed E-state index contributed by atoms with van der Waals surface area (Å²) in [5.41, 5.74) is 4.15. The van der Waals surface area contributed by atoms with Gasteiger partial charge in [-0.3, -0.25) is 4.98 Å². The van der Waals surface area contributed by atoms with Crippen LogP contribution in [-0.4, -0.2) is 9.55 Å². The molecule has 0 amide bonds. The number of fused-ring (bicyclic) bond motifs is 1. The summed E-state index contributed by atoms with van der Waals surface area (Å²) in [5.74, 6) is -0.284. The summed E-state index contributed by atoms with van der Waals surface area (Å²) >= 11 is 0. The number of halogens is 1. The van der Waals surface area contributed by atoms with Crippen LogP contribution in [0.15, 0.2) is 12.3 Å². The lowest BCUT2D eigenvalue weighted by molar-refractivity contribution is 0.543. The summed E-state index contributed by atoms with van der Waals surface area (Å²) < 4.78 is 15.2. The van der Waals surface area contributed by atoms with Gasteiger partial charge in [-0.2, -0.15) is 0 Å². The maximum Gasteiger partial charge on any atom is 0.143 e. The molecule has 16 heavy (non-hydrogen) atoms. The van der Waals surface area contributed by atoms with Crippen LogP contribution >= 0.6 is 0 Å². The lowest BCUT2D eigenvalue weighted by Crippen LogP contribution is -2.17. The monoisotopic (exact) mass is 220 g/mol. The highest BCUT2D eigenvalue weighted by atomic mass is 19.1. The Bertz CT molecular complexity index is 547. The van der Waals surface area contributed by atoms with Gasteiger partial charge in [0.15, 0.2) is 0 Å². The Hall–Kier alpha value is -1.38. The molecule has 0 aliphatic rings. The van der Waals surface area contributed by atoms with Crippen molar-refractivity contribution in [2.75, 3.05) is 0 Å². The van der Waals surface area contributed by atoms with E-state index in [0.717, 1.165) is 16.6 Å². The Morgan fingerprint density at radius 2 is 1.94 bits per heavy atom. The lowest BCUT2D eigenvalue weighted by atomic mass is 9.89. The largest absolute Gasteiger partial charge is 0.345 e. The topological polar surface area (TPSA) is 17.8 Å². The van der Waals surface area contributed by atoms with E-state index < -0.39 is 0 Å². The lowest BCUT2D eigenvalue weighted by Gasteiger charge is -2.21. The van der Waals surface area contributed by atoms with Crippen molar-refractivity contribution in [2.24, 2.45) is 7.05 Å². The summed E-state index contributed by atoms with van der Waals surface area (Å²) in [7, 11) is 1.97. The zero-order chi connectivity index (χ0) is 12.1. The molecule has 0 aliphatic heterocycles. The van der Waals surface area contributed by atoms with Gasteiger partial charge in [-0.25, -0.2) is 4.39 Å². The molecule has 0 spiro atoms. The Kier molecular flexibility index (Phi) is 2.30. The van der Waals surface area contributed by atoms with Crippen molar-refractivity contribution in [3.63, 3.8) is 0 Å². The quantitative estimate of drug-likeness (QED) is 0.666. The summed E-state index contributed by atoms with van der Waals surface area (Å²) in [4.78, 5) is 4.18. The van der Waals surface area contributed by atoms with E-state index in [0.29, 0.717) is 0 Å². The first-order valence-electron chi connectivity index (χ1n) is 5.43. The number of nitrogens with zero attached hydrogens (tertiary/aromatic N) is 2. The first-order chi connectivity index (χ1) is 7.32. The highest BCUT2D eigenvalue weighted by Crippen LogP contribution is 2.32. The van der Waals surface area contributed by atoms with Gasteiger partial charge in [0, 0.05) is 24.2 Å². The molecule has 2 aromatic rings. The summed E-state index contributed by atoms with van der Waals surface area (Å²) in [6.45, 7) is 8.52. The van der Waals surface area contributed by atoms with Crippen molar-refractivity contribution >= 4 is 11.0 Å². The highest BCUT2D eigenvalue weighted by molar-refractivity contribution is 5.81. The molecule has 0 N–H and O–H groups in total. The average Bonchev–Trinajstić information content (AvgIpc) is 2.38. The Morgan fingerprint density at radius 3 is 2.50 bits per heavy atom. The molecule has 0 saturated carbocycles. The molecule has 0 radical (unpaired) electrons. The van der Waals surface area contributed by atoms with Crippen molar-refractivity contribution in [3.05, 3.63) is 29.3 Å². The highest BCUT2D eigenvalue weighted by Gasteiger charge is 2.23. The van der Waals surface area contributed by atoms with Crippen LogP contribution in [0.2, 0.25) is 0 Å². The maximum absolute atomic E-state index is 13.2. The third-order valence-electron chi connectivity index (χ3n) is 2.95. The van der Waals surface area contributed by atoms with Crippen LogP contribution in [0.1, 0.15) is 32.0 Å². The van der Waals surface area contributed by atoms with Crippen molar-refractivity contribution in [1.82, 2.24) is 9.55 Å². The molecule has 2 heterocycles. The molecule has 3 heteroatoms. The molecular weight excluding hydrogens is 203 g/mol. The normalized spacial score (nSPS) is 12.4.